The molecule has 0 aliphatic carbocycles. The van der Waals surface area contributed by atoms with E-state index in [1.54, 1.807) is 36.7 Å². The van der Waals surface area contributed by atoms with Crippen molar-refractivity contribution >= 4 is 28.4 Å². The molecule has 2 aromatic heterocycles. The van der Waals surface area contributed by atoms with Crippen LogP contribution in [-0.4, -0.2) is 32.7 Å². The van der Waals surface area contributed by atoms with Crippen molar-refractivity contribution in [2.75, 3.05) is 5.32 Å². The molecular formula is C28H23N5O2. The number of hydrogen-bond acceptors (Lipinski definition) is 6. The highest BCUT2D eigenvalue weighted by Gasteiger charge is 2.30. The zero-order valence-corrected chi connectivity index (χ0v) is 18.9. The van der Waals surface area contributed by atoms with Gasteiger partial charge in [0.1, 0.15) is 12.1 Å². The summed E-state index contributed by atoms with van der Waals surface area (Å²) in [5.41, 5.74) is 4.21. The molecule has 0 spiro atoms. The van der Waals surface area contributed by atoms with Crippen LogP contribution < -0.4 is 10.6 Å². The zero-order chi connectivity index (χ0) is 24.2. The van der Waals surface area contributed by atoms with Crippen LogP contribution in [0.25, 0.3) is 22.0 Å². The summed E-state index contributed by atoms with van der Waals surface area (Å²) in [6.45, 7) is 3.66. The number of rotatable bonds is 6. The Labute approximate surface area is 202 Å². The van der Waals surface area contributed by atoms with Crippen molar-refractivity contribution in [2.24, 2.45) is 0 Å². The van der Waals surface area contributed by atoms with Gasteiger partial charge in [-0.2, -0.15) is 0 Å². The Morgan fingerprint density at radius 3 is 2.69 bits per heavy atom. The number of carbonyl (C=O) groups is 2. The molecule has 0 saturated heterocycles. The van der Waals surface area contributed by atoms with Crippen LogP contribution in [0.15, 0.2) is 98.2 Å². The quantitative estimate of drug-likeness (QED) is 0.406. The van der Waals surface area contributed by atoms with Gasteiger partial charge in [-0.1, -0.05) is 30.9 Å². The molecule has 35 heavy (non-hydrogen) atoms. The van der Waals surface area contributed by atoms with E-state index in [0.29, 0.717) is 17.8 Å². The third-order valence-electron chi connectivity index (χ3n) is 6.12. The molecule has 2 atom stereocenters. The van der Waals surface area contributed by atoms with Crippen LogP contribution in [0.4, 0.5) is 5.82 Å². The normalized spacial score (nSPS) is 16.9. The second kappa shape index (κ2) is 9.69. The van der Waals surface area contributed by atoms with Crippen molar-refractivity contribution in [3.63, 3.8) is 0 Å². The van der Waals surface area contributed by atoms with Gasteiger partial charge in [-0.25, -0.2) is 15.0 Å². The van der Waals surface area contributed by atoms with Crippen molar-refractivity contribution in [3.8, 4) is 11.1 Å². The molecule has 4 aromatic rings. The number of pyridine rings is 1. The van der Waals surface area contributed by atoms with Crippen LogP contribution in [0, 0.1) is 0 Å². The van der Waals surface area contributed by atoms with E-state index < -0.39 is 6.04 Å². The molecule has 172 valence electrons. The van der Waals surface area contributed by atoms with E-state index in [0.717, 1.165) is 27.6 Å². The Kier molecular flexibility index (Phi) is 6.13. The van der Waals surface area contributed by atoms with Crippen LogP contribution in [0.2, 0.25) is 0 Å². The standard InChI is InChI=1S/C28H23N5O2/c1-2-24(34)27-22(6-5-13-31-27)23-15-20(14-21-16-29-17-32-26(21)23)18-8-10-19(11-9-18)28(35)33-25-7-3-4-12-30-25/h2-5,7-17,22,27,31H,1,6H2,(H,30,33,35). The van der Waals surface area contributed by atoms with Gasteiger partial charge >= 0.3 is 0 Å². The predicted octanol–water partition coefficient (Wildman–Crippen LogP) is 4.66. The lowest BCUT2D eigenvalue weighted by Gasteiger charge is -2.29. The maximum atomic E-state index is 12.6. The zero-order valence-electron chi connectivity index (χ0n) is 18.9. The van der Waals surface area contributed by atoms with Gasteiger partial charge in [0.05, 0.1) is 11.6 Å². The van der Waals surface area contributed by atoms with E-state index in [-0.39, 0.29) is 17.6 Å². The summed E-state index contributed by atoms with van der Waals surface area (Å²) in [7, 11) is 0. The number of allylic oxidation sites excluding steroid dienone is 1. The minimum atomic E-state index is -0.413. The second-order valence-corrected chi connectivity index (χ2v) is 8.27. The van der Waals surface area contributed by atoms with Crippen LogP contribution >= 0.6 is 0 Å². The van der Waals surface area contributed by atoms with Gasteiger partial charge in [-0.05, 0) is 71.8 Å². The molecule has 0 radical (unpaired) electrons. The van der Waals surface area contributed by atoms with Crippen LogP contribution in [-0.2, 0) is 4.79 Å². The molecule has 2 N–H and O–H groups in total. The number of hydrogen-bond donors (Lipinski definition) is 2. The maximum absolute atomic E-state index is 12.6. The van der Waals surface area contributed by atoms with Gasteiger partial charge in [-0.15, -0.1) is 0 Å². The fraction of sp³-hybridized carbons (Fsp3) is 0.107. The Hall–Kier alpha value is -4.65. The van der Waals surface area contributed by atoms with Crippen molar-refractivity contribution < 1.29 is 9.59 Å². The minimum Gasteiger partial charge on any atom is -0.381 e. The summed E-state index contributed by atoms with van der Waals surface area (Å²) in [5, 5.41) is 6.87. The molecule has 7 heteroatoms. The molecule has 0 fully saturated rings. The first-order valence-corrected chi connectivity index (χ1v) is 11.3. The molecule has 7 nitrogen and oxygen atoms in total. The highest BCUT2D eigenvalue weighted by molar-refractivity contribution is 6.04. The molecule has 1 amide bonds. The fourth-order valence-corrected chi connectivity index (χ4v) is 4.37. The van der Waals surface area contributed by atoms with Crippen molar-refractivity contribution in [3.05, 3.63) is 109 Å². The molecule has 1 aliphatic heterocycles. The topological polar surface area (TPSA) is 96.9 Å². The van der Waals surface area contributed by atoms with Crippen LogP contribution in [0.3, 0.4) is 0 Å². The number of carbonyl (C=O) groups excluding carboxylic acids is 2. The minimum absolute atomic E-state index is 0.0600. The molecular weight excluding hydrogens is 438 g/mol. The summed E-state index contributed by atoms with van der Waals surface area (Å²) in [4.78, 5) is 38.0. The molecule has 3 heterocycles. The number of nitrogens with zero attached hydrogens (tertiary/aromatic N) is 3. The average Bonchev–Trinajstić information content (AvgIpc) is 2.92. The van der Waals surface area contributed by atoms with Gasteiger partial charge < -0.3 is 10.6 Å². The largest absolute Gasteiger partial charge is 0.381 e. The smallest absolute Gasteiger partial charge is 0.256 e. The van der Waals surface area contributed by atoms with E-state index in [2.05, 4.69) is 38.2 Å². The molecule has 5 rings (SSSR count). The van der Waals surface area contributed by atoms with Gasteiger partial charge in [0.2, 0.25) is 0 Å². The summed E-state index contributed by atoms with van der Waals surface area (Å²) in [5.74, 6) is 0.106. The maximum Gasteiger partial charge on any atom is 0.256 e. The third kappa shape index (κ3) is 4.56. The molecule has 1 aliphatic rings. The summed E-state index contributed by atoms with van der Waals surface area (Å²) in [6.07, 6.45) is 10.8. The van der Waals surface area contributed by atoms with E-state index >= 15 is 0 Å². The number of anilines is 1. The van der Waals surface area contributed by atoms with Gasteiger partial charge in [0.25, 0.3) is 5.91 Å². The van der Waals surface area contributed by atoms with Gasteiger partial charge in [0.15, 0.2) is 5.78 Å². The number of fused-ring (bicyclic) bond motifs is 1. The highest BCUT2D eigenvalue weighted by Crippen LogP contribution is 2.35. The number of nitrogens with one attached hydrogen (secondary N) is 2. The molecule has 2 aromatic carbocycles. The van der Waals surface area contributed by atoms with Crippen molar-refractivity contribution in [2.45, 2.75) is 18.4 Å². The Morgan fingerprint density at radius 1 is 1.06 bits per heavy atom. The van der Waals surface area contributed by atoms with Crippen molar-refractivity contribution in [1.82, 2.24) is 20.3 Å². The summed E-state index contributed by atoms with van der Waals surface area (Å²) < 4.78 is 0. The molecule has 2 unspecified atom stereocenters. The first kappa shape index (κ1) is 22.2. The number of ketones is 1. The first-order chi connectivity index (χ1) is 17.1. The second-order valence-electron chi connectivity index (χ2n) is 8.27. The Bertz CT molecular complexity index is 1430. The lowest BCUT2D eigenvalue weighted by molar-refractivity contribution is -0.116. The predicted molar refractivity (Wildman–Crippen MR) is 136 cm³/mol. The fourth-order valence-electron chi connectivity index (χ4n) is 4.37. The number of aromatic nitrogens is 3. The van der Waals surface area contributed by atoms with E-state index in [9.17, 15) is 9.59 Å². The monoisotopic (exact) mass is 461 g/mol. The summed E-state index contributed by atoms with van der Waals surface area (Å²) >= 11 is 0. The van der Waals surface area contributed by atoms with Crippen molar-refractivity contribution in [1.29, 1.82) is 0 Å². The van der Waals surface area contributed by atoms with E-state index in [1.807, 2.05) is 36.5 Å². The number of benzene rings is 2. The van der Waals surface area contributed by atoms with Gasteiger partial charge in [-0.3, -0.25) is 9.59 Å². The van der Waals surface area contributed by atoms with E-state index in [1.165, 1.54) is 12.4 Å². The Balaban J connectivity index is 1.50. The lowest BCUT2D eigenvalue weighted by atomic mass is 9.82. The van der Waals surface area contributed by atoms with Crippen LogP contribution in [0.5, 0.6) is 0 Å². The average molecular weight is 462 g/mol. The van der Waals surface area contributed by atoms with E-state index in [4.69, 9.17) is 0 Å². The lowest BCUT2D eigenvalue weighted by Crippen LogP contribution is -2.40. The van der Waals surface area contributed by atoms with Gasteiger partial charge in [0, 0.05) is 29.3 Å². The highest BCUT2D eigenvalue weighted by atomic mass is 16.1. The van der Waals surface area contributed by atoms with Crippen LogP contribution in [0.1, 0.15) is 28.3 Å². The summed E-state index contributed by atoms with van der Waals surface area (Å²) in [6, 6.07) is 16.4. The SMILES string of the molecule is C=CC(=O)C1NC=CCC1c1cc(-c2ccc(C(=O)Nc3ccccn3)cc2)cc2cncnc12. The first-order valence-electron chi connectivity index (χ1n) is 11.3. The molecule has 0 saturated carbocycles. The Morgan fingerprint density at radius 2 is 1.91 bits per heavy atom. The number of amides is 1. The third-order valence-corrected chi connectivity index (χ3v) is 6.12. The molecule has 0 bridgehead atoms.